The second-order valence-electron chi connectivity index (χ2n) is 9.23. The van der Waals surface area contributed by atoms with Crippen molar-refractivity contribution in [1.82, 2.24) is 24.6 Å². The number of fused-ring (bicyclic) bond motifs is 4. The van der Waals surface area contributed by atoms with Gasteiger partial charge in [0.15, 0.2) is 0 Å². The lowest BCUT2D eigenvalue weighted by molar-refractivity contribution is -0.0735. The molecule has 0 unspecified atom stereocenters. The molecular formula is C23H33N5O. The summed E-state index contributed by atoms with van der Waals surface area (Å²) in [4.78, 5) is 5.54. The van der Waals surface area contributed by atoms with Crippen LogP contribution in [-0.4, -0.2) is 63.4 Å². The van der Waals surface area contributed by atoms with Crippen LogP contribution in [0.1, 0.15) is 37.1 Å². The van der Waals surface area contributed by atoms with Crippen LogP contribution in [0.15, 0.2) is 30.6 Å². The van der Waals surface area contributed by atoms with E-state index in [1.54, 1.807) is 7.11 Å². The summed E-state index contributed by atoms with van der Waals surface area (Å²) in [5.41, 5.74) is 1.41. The molecule has 2 bridgehead atoms. The van der Waals surface area contributed by atoms with E-state index in [4.69, 9.17) is 4.74 Å². The monoisotopic (exact) mass is 395 g/mol. The van der Waals surface area contributed by atoms with Gasteiger partial charge in [-0.25, -0.2) is 0 Å². The van der Waals surface area contributed by atoms with Crippen molar-refractivity contribution in [2.75, 3.05) is 26.7 Å². The third-order valence-corrected chi connectivity index (χ3v) is 7.45. The first-order chi connectivity index (χ1) is 14.2. The van der Waals surface area contributed by atoms with Gasteiger partial charge in [0, 0.05) is 32.2 Å². The summed E-state index contributed by atoms with van der Waals surface area (Å²) in [6, 6.07) is 10.1. The van der Waals surface area contributed by atoms with E-state index in [-0.39, 0.29) is 0 Å². The van der Waals surface area contributed by atoms with Gasteiger partial charge in [0.2, 0.25) is 0 Å². The molecule has 3 saturated heterocycles. The zero-order chi connectivity index (χ0) is 19.8. The van der Waals surface area contributed by atoms with E-state index in [9.17, 15) is 0 Å². The van der Waals surface area contributed by atoms with Crippen molar-refractivity contribution in [3.05, 3.63) is 42.0 Å². The number of nitrogens with zero attached hydrogens (tertiary/aromatic N) is 5. The van der Waals surface area contributed by atoms with Gasteiger partial charge in [-0.2, -0.15) is 0 Å². The maximum atomic E-state index is 5.48. The molecule has 0 spiro atoms. The van der Waals surface area contributed by atoms with Crippen LogP contribution >= 0.6 is 0 Å². The number of aromatic nitrogens is 3. The minimum Gasteiger partial charge on any atom is -0.497 e. The molecule has 3 aliphatic rings. The highest BCUT2D eigenvalue weighted by Gasteiger charge is 2.47. The number of ether oxygens (including phenoxy) is 1. The van der Waals surface area contributed by atoms with Crippen LogP contribution in [0.5, 0.6) is 5.75 Å². The predicted octanol–water partition coefficient (Wildman–Crippen LogP) is 2.74. The quantitative estimate of drug-likeness (QED) is 0.779. The van der Waals surface area contributed by atoms with E-state index in [1.807, 2.05) is 12.4 Å². The second-order valence-corrected chi connectivity index (χ2v) is 9.23. The first kappa shape index (κ1) is 19.1. The molecule has 1 aromatic carbocycles. The number of hydrogen-bond acceptors (Lipinski definition) is 5. The SMILES string of the molecule is COc1cccc(C[C@H]2[C@H]3C[C@H](CN(Cc4nncn4C)C3)[C@@H]3CCCCN32)c1. The molecule has 3 fully saturated rings. The molecular weight excluding hydrogens is 362 g/mol. The molecule has 0 amide bonds. The van der Waals surface area contributed by atoms with Gasteiger partial charge < -0.3 is 9.30 Å². The summed E-state index contributed by atoms with van der Waals surface area (Å²) < 4.78 is 7.54. The first-order valence-corrected chi connectivity index (χ1v) is 11.1. The molecule has 0 radical (unpaired) electrons. The largest absolute Gasteiger partial charge is 0.497 e. The Kier molecular flexibility index (Phi) is 5.31. The highest BCUT2D eigenvalue weighted by molar-refractivity contribution is 5.29. The lowest BCUT2D eigenvalue weighted by Gasteiger charge is -2.57. The summed E-state index contributed by atoms with van der Waals surface area (Å²) >= 11 is 0. The normalized spacial score (nSPS) is 30.1. The minimum atomic E-state index is 0.631. The van der Waals surface area contributed by atoms with Crippen molar-refractivity contribution >= 4 is 0 Å². The molecule has 156 valence electrons. The van der Waals surface area contributed by atoms with Crippen molar-refractivity contribution in [3.63, 3.8) is 0 Å². The van der Waals surface area contributed by atoms with E-state index in [0.29, 0.717) is 6.04 Å². The van der Waals surface area contributed by atoms with Crippen LogP contribution in [0, 0.1) is 11.8 Å². The number of methoxy groups -OCH3 is 1. The van der Waals surface area contributed by atoms with Gasteiger partial charge in [0.1, 0.15) is 17.9 Å². The Morgan fingerprint density at radius 1 is 1.17 bits per heavy atom. The number of piperidine rings is 3. The van der Waals surface area contributed by atoms with Crippen LogP contribution in [0.3, 0.4) is 0 Å². The van der Waals surface area contributed by atoms with E-state index in [1.165, 1.54) is 50.9 Å². The average Bonchev–Trinajstić information content (AvgIpc) is 3.15. The fourth-order valence-corrected chi connectivity index (χ4v) is 6.11. The number of benzene rings is 1. The van der Waals surface area contributed by atoms with Gasteiger partial charge in [-0.05, 0) is 61.8 Å². The average molecular weight is 396 g/mol. The number of rotatable bonds is 5. The van der Waals surface area contributed by atoms with Gasteiger partial charge >= 0.3 is 0 Å². The topological polar surface area (TPSA) is 46.4 Å². The third kappa shape index (κ3) is 3.80. The lowest BCUT2D eigenvalue weighted by atomic mass is 9.71. The molecule has 5 rings (SSSR count). The van der Waals surface area contributed by atoms with Crippen molar-refractivity contribution in [1.29, 1.82) is 0 Å². The smallest absolute Gasteiger partial charge is 0.146 e. The standard InChI is InChI=1S/C23H33N5O/c1-26-16-24-25-23(26)15-27-13-18-12-19(14-27)22(28-9-4-3-8-21(18)28)11-17-6-5-7-20(10-17)29-2/h5-7,10,16,18-19,21-22H,3-4,8-9,11-15H2,1-2H3/t18-,19+,21+,22+/m1/s1. The Balaban J connectivity index is 1.38. The summed E-state index contributed by atoms with van der Waals surface area (Å²) in [5, 5.41) is 8.42. The maximum Gasteiger partial charge on any atom is 0.146 e. The Labute approximate surface area is 173 Å². The van der Waals surface area contributed by atoms with Gasteiger partial charge in [-0.1, -0.05) is 18.6 Å². The van der Waals surface area contributed by atoms with Crippen LogP contribution < -0.4 is 4.74 Å². The summed E-state index contributed by atoms with van der Waals surface area (Å²) in [5.74, 6) is 3.57. The van der Waals surface area contributed by atoms with Gasteiger partial charge in [0.25, 0.3) is 0 Å². The molecule has 2 aromatic rings. The van der Waals surface area contributed by atoms with Gasteiger partial charge in [0.05, 0.1) is 13.7 Å². The van der Waals surface area contributed by atoms with E-state index >= 15 is 0 Å². The van der Waals surface area contributed by atoms with Crippen molar-refractivity contribution in [2.24, 2.45) is 18.9 Å². The Morgan fingerprint density at radius 3 is 2.90 bits per heavy atom. The molecule has 3 aliphatic heterocycles. The third-order valence-electron chi connectivity index (χ3n) is 7.45. The Hall–Kier alpha value is -1.92. The van der Waals surface area contributed by atoms with Crippen LogP contribution in [0.2, 0.25) is 0 Å². The van der Waals surface area contributed by atoms with Crippen molar-refractivity contribution < 1.29 is 4.74 Å². The lowest BCUT2D eigenvalue weighted by Crippen LogP contribution is -2.63. The Morgan fingerprint density at radius 2 is 2.07 bits per heavy atom. The zero-order valence-electron chi connectivity index (χ0n) is 17.7. The summed E-state index contributed by atoms with van der Waals surface area (Å²) in [6.45, 7) is 4.56. The molecule has 1 aromatic heterocycles. The highest BCUT2D eigenvalue weighted by atomic mass is 16.5. The van der Waals surface area contributed by atoms with E-state index in [2.05, 4.69) is 49.8 Å². The fourth-order valence-electron chi connectivity index (χ4n) is 6.11. The van der Waals surface area contributed by atoms with Crippen molar-refractivity contribution in [2.45, 2.75) is 50.7 Å². The molecule has 4 atom stereocenters. The summed E-state index contributed by atoms with van der Waals surface area (Å²) in [7, 11) is 3.81. The van der Waals surface area contributed by atoms with Gasteiger partial charge in [-0.15, -0.1) is 10.2 Å². The van der Waals surface area contributed by atoms with E-state index < -0.39 is 0 Å². The highest BCUT2D eigenvalue weighted by Crippen LogP contribution is 2.42. The van der Waals surface area contributed by atoms with Crippen LogP contribution in [0.4, 0.5) is 0 Å². The molecule has 4 heterocycles. The molecule has 0 aliphatic carbocycles. The van der Waals surface area contributed by atoms with E-state index in [0.717, 1.165) is 42.4 Å². The molecule has 6 heteroatoms. The molecule has 0 N–H and O–H groups in total. The maximum absolute atomic E-state index is 5.48. The number of aryl methyl sites for hydroxylation is 1. The Bertz CT molecular complexity index is 836. The molecule has 29 heavy (non-hydrogen) atoms. The number of likely N-dealkylation sites (tertiary alicyclic amines) is 1. The first-order valence-electron chi connectivity index (χ1n) is 11.1. The predicted molar refractivity (Wildman–Crippen MR) is 113 cm³/mol. The van der Waals surface area contributed by atoms with Crippen LogP contribution in [0.25, 0.3) is 0 Å². The molecule has 6 nitrogen and oxygen atoms in total. The summed E-state index contributed by atoms with van der Waals surface area (Å²) in [6.07, 6.45) is 8.43. The van der Waals surface area contributed by atoms with Crippen molar-refractivity contribution in [3.8, 4) is 5.75 Å². The number of hydrogen-bond donors (Lipinski definition) is 0. The second kappa shape index (κ2) is 8.07. The van der Waals surface area contributed by atoms with Gasteiger partial charge in [-0.3, -0.25) is 9.80 Å². The molecule has 0 saturated carbocycles. The zero-order valence-corrected chi connectivity index (χ0v) is 17.7. The minimum absolute atomic E-state index is 0.631. The fraction of sp³-hybridized carbons (Fsp3) is 0.652. The van der Waals surface area contributed by atoms with Crippen LogP contribution in [-0.2, 0) is 20.0 Å².